The van der Waals surface area contributed by atoms with E-state index in [4.69, 9.17) is 5.11 Å². The second kappa shape index (κ2) is 15.7. The van der Waals surface area contributed by atoms with Gasteiger partial charge in [-0.1, -0.05) is 76.2 Å². The Bertz CT molecular complexity index is 1430. The van der Waals surface area contributed by atoms with Crippen molar-refractivity contribution in [3.05, 3.63) is 102 Å². The topological polar surface area (TPSA) is 91.6 Å². The minimum atomic E-state index is -1.03. The SMILES string of the molecule is CC.CC(C)c1c(C(=O)Nc2ccccc2)c(-c2ccccc2)c(-c2ccc(F)cc2)n1CCCCC(O)CC(=O)O. The van der Waals surface area contributed by atoms with E-state index in [-0.39, 0.29) is 24.1 Å². The van der Waals surface area contributed by atoms with Crippen molar-refractivity contribution < 1.29 is 24.2 Å². The summed E-state index contributed by atoms with van der Waals surface area (Å²) < 4.78 is 16.1. The van der Waals surface area contributed by atoms with Crippen LogP contribution in [0.2, 0.25) is 0 Å². The van der Waals surface area contributed by atoms with Crippen LogP contribution in [0.4, 0.5) is 10.1 Å². The third-order valence-corrected chi connectivity index (χ3v) is 6.87. The van der Waals surface area contributed by atoms with Crippen LogP contribution < -0.4 is 5.32 Å². The van der Waals surface area contributed by atoms with Gasteiger partial charge >= 0.3 is 5.97 Å². The molecule has 1 atom stereocenters. The molecule has 0 spiro atoms. The molecule has 0 radical (unpaired) electrons. The van der Waals surface area contributed by atoms with Crippen LogP contribution >= 0.6 is 0 Å². The molecule has 222 valence electrons. The van der Waals surface area contributed by atoms with Gasteiger partial charge in [0.25, 0.3) is 5.91 Å². The fourth-order valence-corrected chi connectivity index (χ4v) is 5.16. The van der Waals surface area contributed by atoms with Crippen LogP contribution in [-0.4, -0.2) is 32.8 Å². The quantitative estimate of drug-likeness (QED) is 0.149. The van der Waals surface area contributed by atoms with Crippen LogP contribution in [-0.2, 0) is 11.3 Å². The van der Waals surface area contributed by atoms with Gasteiger partial charge in [0.05, 0.1) is 23.8 Å². The van der Waals surface area contributed by atoms with Crippen LogP contribution in [0, 0.1) is 5.82 Å². The van der Waals surface area contributed by atoms with Gasteiger partial charge in [0.1, 0.15) is 5.82 Å². The smallest absolute Gasteiger partial charge is 0.305 e. The molecule has 0 aliphatic heterocycles. The van der Waals surface area contributed by atoms with Gasteiger partial charge in [-0.3, -0.25) is 9.59 Å². The lowest BCUT2D eigenvalue weighted by molar-refractivity contribution is -0.139. The molecule has 4 aromatic rings. The highest BCUT2D eigenvalue weighted by molar-refractivity contribution is 6.12. The van der Waals surface area contributed by atoms with Crippen LogP contribution in [0.15, 0.2) is 84.9 Å². The highest BCUT2D eigenvalue weighted by Gasteiger charge is 2.30. The Morgan fingerprint density at radius 1 is 0.857 bits per heavy atom. The maximum absolute atomic E-state index is 14.0. The van der Waals surface area contributed by atoms with Gasteiger partial charge in [0.15, 0.2) is 0 Å². The number of anilines is 1. The maximum atomic E-state index is 14.0. The summed E-state index contributed by atoms with van der Waals surface area (Å²) >= 11 is 0. The van der Waals surface area contributed by atoms with Crippen molar-refractivity contribution in [2.24, 2.45) is 0 Å². The Labute approximate surface area is 247 Å². The average Bonchev–Trinajstić information content (AvgIpc) is 3.33. The molecular formula is C35H41FN2O4. The number of carboxylic acids is 1. The van der Waals surface area contributed by atoms with E-state index in [2.05, 4.69) is 9.88 Å². The molecule has 4 rings (SSSR count). The number of carbonyl (C=O) groups is 2. The van der Waals surface area contributed by atoms with Crippen molar-refractivity contribution in [3.63, 3.8) is 0 Å². The number of aliphatic carboxylic acids is 1. The van der Waals surface area contributed by atoms with Crippen molar-refractivity contribution in [1.29, 1.82) is 0 Å². The molecule has 42 heavy (non-hydrogen) atoms. The Kier molecular flexibility index (Phi) is 12.1. The number of halogens is 1. The van der Waals surface area contributed by atoms with Gasteiger partial charge in [0, 0.05) is 23.5 Å². The number of benzene rings is 3. The van der Waals surface area contributed by atoms with E-state index in [1.165, 1.54) is 12.1 Å². The van der Waals surface area contributed by atoms with Gasteiger partial charge in [-0.05, 0) is 72.7 Å². The third-order valence-electron chi connectivity index (χ3n) is 6.87. The Morgan fingerprint density at radius 2 is 1.45 bits per heavy atom. The van der Waals surface area contributed by atoms with Crippen LogP contribution in [0.5, 0.6) is 0 Å². The summed E-state index contributed by atoms with van der Waals surface area (Å²) in [6.07, 6.45) is 0.440. The van der Waals surface area contributed by atoms with Crippen molar-refractivity contribution >= 4 is 17.6 Å². The van der Waals surface area contributed by atoms with Crippen LogP contribution in [0.1, 0.15) is 75.3 Å². The first-order valence-electron chi connectivity index (χ1n) is 14.6. The first kappa shape index (κ1) is 32.3. The maximum Gasteiger partial charge on any atom is 0.305 e. The zero-order valence-corrected chi connectivity index (χ0v) is 24.8. The summed E-state index contributed by atoms with van der Waals surface area (Å²) in [5.41, 5.74) is 5.36. The number of carbonyl (C=O) groups excluding carboxylic acids is 1. The molecule has 0 saturated heterocycles. The monoisotopic (exact) mass is 572 g/mol. The second-order valence-electron chi connectivity index (χ2n) is 10.2. The number of carboxylic acid groups (broad SMARTS) is 1. The molecule has 1 aromatic heterocycles. The van der Waals surface area contributed by atoms with Gasteiger partial charge in [-0.25, -0.2) is 4.39 Å². The number of nitrogens with one attached hydrogen (secondary N) is 1. The van der Waals surface area contributed by atoms with Crippen molar-refractivity contribution in [3.8, 4) is 22.4 Å². The fourth-order valence-electron chi connectivity index (χ4n) is 5.16. The number of aliphatic hydroxyl groups excluding tert-OH is 1. The molecule has 3 N–H and O–H groups in total. The van der Waals surface area contributed by atoms with E-state index in [1.54, 1.807) is 12.1 Å². The molecule has 6 nitrogen and oxygen atoms in total. The molecule has 1 heterocycles. The first-order valence-corrected chi connectivity index (χ1v) is 14.6. The zero-order valence-electron chi connectivity index (χ0n) is 24.8. The number of para-hydroxylation sites is 1. The summed E-state index contributed by atoms with van der Waals surface area (Å²) in [6.45, 7) is 8.63. The van der Waals surface area contributed by atoms with E-state index in [0.29, 0.717) is 37.1 Å². The lowest BCUT2D eigenvalue weighted by Crippen LogP contribution is -2.17. The van der Waals surface area contributed by atoms with Crippen LogP contribution in [0.25, 0.3) is 22.4 Å². The molecular weight excluding hydrogens is 531 g/mol. The number of rotatable bonds is 12. The van der Waals surface area contributed by atoms with Gasteiger partial charge in [-0.2, -0.15) is 0 Å². The summed E-state index contributed by atoms with van der Waals surface area (Å²) in [6, 6.07) is 25.3. The lowest BCUT2D eigenvalue weighted by atomic mass is 9.94. The lowest BCUT2D eigenvalue weighted by Gasteiger charge is -2.18. The van der Waals surface area contributed by atoms with E-state index >= 15 is 0 Å². The highest BCUT2D eigenvalue weighted by atomic mass is 19.1. The highest BCUT2D eigenvalue weighted by Crippen LogP contribution is 2.42. The Balaban J connectivity index is 0.00000237. The summed E-state index contributed by atoms with van der Waals surface area (Å²) in [5, 5.41) is 22.1. The summed E-state index contributed by atoms with van der Waals surface area (Å²) in [4.78, 5) is 25.0. The molecule has 0 saturated carbocycles. The van der Waals surface area contributed by atoms with Gasteiger partial charge in [0.2, 0.25) is 0 Å². The van der Waals surface area contributed by atoms with E-state index in [1.807, 2.05) is 88.4 Å². The Hall–Kier alpha value is -4.23. The molecule has 3 aromatic carbocycles. The minimum Gasteiger partial charge on any atom is -0.481 e. The molecule has 0 aliphatic carbocycles. The molecule has 0 aliphatic rings. The van der Waals surface area contributed by atoms with Gasteiger partial charge in [-0.15, -0.1) is 0 Å². The number of hydrogen-bond acceptors (Lipinski definition) is 3. The van der Waals surface area contributed by atoms with Crippen LogP contribution in [0.3, 0.4) is 0 Å². The average molecular weight is 573 g/mol. The van der Waals surface area contributed by atoms with E-state index in [9.17, 15) is 19.1 Å². The van der Waals surface area contributed by atoms with Crippen molar-refractivity contribution in [2.75, 3.05) is 5.32 Å². The first-order chi connectivity index (χ1) is 20.3. The minimum absolute atomic E-state index is 0.0224. The number of aliphatic hydroxyl groups is 1. The normalized spacial score (nSPS) is 11.5. The second-order valence-corrected chi connectivity index (χ2v) is 10.2. The third kappa shape index (κ3) is 8.17. The zero-order chi connectivity index (χ0) is 30.6. The predicted octanol–water partition coefficient (Wildman–Crippen LogP) is 8.37. The number of amides is 1. The van der Waals surface area contributed by atoms with Gasteiger partial charge < -0.3 is 20.1 Å². The number of aromatic nitrogens is 1. The Morgan fingerprint density at radius 3 is 2.02 bits per heavy atom. The molecule has 0 fully saturated rings. The fraction of sp³-hybridized carbons (Fsp3) is 0.314. The molecule has 1 unspecified atom stereocenters. The van der Waals surface area contributed by atoms with Crippen molar-refractivity contribution in [1.82, 2.24) is 4.57 Å². The predicted molar refractivity (Wildman–Crippen MR) is 167 cm³/mol. The molecule has 1 amide bonds. The summed E-state index contributed by atoms with van der Waals surface area (Å²) in [7, 11) is 0. The largest absolute Gasteiger partial charge is 0.481 e. The molecule has 0 bridgehead atoms. The number of hydrogen-bond donors (Lipinski definition) is 3. The number of nitrogens with zero attached hydrogens (tertiary/aromatic N) is 1. The number of unbranched alkanes of at least 4 members (excludes halogenated alkanes) is 1. The van der Waals surface area contributed by atoms with E-state index in [0.717, 1.165) is 28.1 Å². The summed E-state index contributed by atoms with van der Waals surface area (Å²) in [5.74, 6) is -1.62. The van der Waals surface area contributed by atoms with E-state index < -0.39 is 12.1 Å². The van der Waals surface area contributed by atoms with Crippen molar-refractivity contribution in [2.45, 2.75) is 71.9 Å². The molecule has 7 heteroatoms. The standard InChI is InChI=1S/C33H35FN2O4.C2H6/c1-22(2)31-30(33(40)35-26-13-7-4-8-14-26)29(23-11-5-3-6-12-23)32(24-16-18-25(34)19-17-24)36(31)20-10-9-15-27(37)21-28(38)39;1-2/h3-8,11-14,16-19,22,27,37H,9-10,15,20-21H2,1-2H3,(H,35,40)(H,38,39);1-2H3.